The van der Waals surface area contributed by atoms with Crippen LogP contribution in [-0.2, 0) is 0 Å². The van der Waals surface area contributed by atoms with Crippen molar-refractivity contribution in [3.05, 3.63) is 82.2 Å². The predicted molar refractivity (Wildman–Crippen MR) is 102 cm³/mol. The van der Waals surface area contributed by atoms with E-state index in [0.717, 1.165) is 11.4 Å². The third kappa shape index (κ3) is 4.12. The molecular weight excluding hydrogens is 346 g/mol. The van der Waals surface area contributed by atoms with Crippen LogP contribution in [-0.4, -0.2) is 33.7 Å². The van der Waals surface area contributed by atoms with Gasteiger partial charge in [0.25, 0.3) is 11.6 Å². The molecule has 3 aromatic rings. The van der Waals surface area contributed by atoms with Gasteiger partial charge in [0.05, 0.1) is 28.1 Å². The molecule has 0 aliphatic rings. The van der Waals surface area contributed by atoms with Gasteiger partial charge in [-0.3, -0.25) is 14.9 Å². The highest BCUT2D eigenvalue weighted by molar-refractivity contribution is 5.95. The Morgan fingerprint density at radius 3 is 2.56 bits per heavy atom. The normalized spacial score (nSPS) is 10.4. The Hall–Kier alpha value is -3.68. The number of hydrogen-bond acceptors (Lipinski definition) is 5. The van der Waals surface area contributed by atoms with E-state index in [2.05, 4.69) is 15.7 Å². The first-order valence-corrected chi connectivity index (χ1v) is 8.43. The van der Waals surface area contributed by atoms with Gasteiger partial charge in [-0.25, -0.2) is 4.68 Å². The highest BCUT2D eigenvalue weighted by Gasteiger charge is 2.15. The summed E-state index contributed by atoms with van der Waals surface area (Å²) in [7, 11) is 0. The molecule has 0 aliphatic carbocycles. The summed E-state index contributed by atoms with van der Waals surface area (Å²) in [6.07, 6.45) is 1.53. The number of nitrogens with zero attached hydrogens (tertiary/aromatic N) is 3. The predicted octanol–water partition coefficient (Wildman–Crippen LogP) is 2.93. The zero-order valence-corrected chi connectivity index (χ0v) is 14.8. The number of carbonyl (C=O) groups excluding carboxylic acids is 1. The van der Waals surface area contributed by atoms with Crippen molar-refractivity contribution in [1.29, 1.82) is 0 Å². The summed E-state index contributed by atoms with van der Waals surface area (Å²) in [6, 6.07) is 16.0. The molecule has 0 saturated heterocycles. The van der Waals surface area contributed by atoms with Gasteiger partial charge in [-0.2, -0.15) is 5.10 Å². The van der Waals surface area contributed by atoms with Gasteiger partial charge in [0, 0.05) is 19.2 Å². The number of hydrogen-bond donors (Lipinski definition) is 2. The molecule has 3 rings (SSSR count). The molecule has 138 valence electrons. The second kappa shape index (κ2) is 8.13. The molecule has 8 heteroatoms. The topological polar surface area (TPSA) is 102 Å². The molecule has 0 spiro atoms. The summed E-state index contributed by atoms with van der Waals surface area (Å²) in [6.45, 7) is 2.52. The molecule has 0 aliphatic heterocycles. The van der Waals surface area contributed by atoms with E-state index in [1.165, 1.54) is 12.3 Å². The number of nitro benzene ring substituents is 1. The third-order valence-electron chi connectivity index (χ3n) is 4.08. The molecule has 0 unspecified atom stereocenters. The van der Waals surface area contributed by atoms with Crippen LogP contribution in [0, 0.1) is 17.0 Å². The average molecular weight is 365 g/mol. The minimum Gasteiger partial charge on any atom is -0.378 e. The van der Waals surface area contributed by atoms with E-state index in [1.54, 1.807) is 22.9 Å². The number of carbonyl (C=O) groups is 1. The van der Waals surface area contributed by atoms with Gasteiger partial charge in [-0.1, -0.05) is 30.3 Å². The van der Waals surface area contributed by atoms with Crippen LogP contribution in [0.25, 0.3) is 5.69 Å². The van der Waals surface area contributed by atoms with Crippen molar-refractivity contribution in [2.75, 3.05) is 18.4 Å². The Bertz CT molecular complexity index is 953. The zero-order chi connectivity index (χ0) is 19.2. The van der Waals surface area contributed by atoms with Crippen molar-refractivity contribution in [2.24, 2.45) is 0 Å². The fraction of sp³-hybridized carbons (Fsp3) is 0.158. The van der Waals surface area contributed by atoms with Crippen LogP contribution < -0.4 is 10.6 Å². The van der Waals surface area contributed by atoms with E-state index >= 15 is 0 Å². The van der Waals surface area contributed by atoms with Crippen LogP contribution in [0.2, 0.25) is 0 Å². The van der Waals surface area contributed by atoms with Crippen LogP contribution in [0.1, 0.15) is 16.1 Å². The number of anilines is 1. The number of aromatic nitrogens is 2. The van der Waals surface area contributed by atoms with Gasteiger partial charge in [-0.15, -0.1) is 0 Å². The maximum Gasteiger partial charge on any atom is 0.292 e. The summed E-state index contributed by atoms with van der Waals surface area (Å²) in [5, 5.41) is 21.0. The molecule has 0 bridgehead atoms. The quantitative estimate of drug-likeness (QED) is 0.381. The highest BCUT2D eigenvalue weighted by atomic mass is 16.6. The molecule has 0 saturated carbocycles. The van der Waals surface area contributed by atoms with E-state index in [4.69, 9.17) is 0 Å². The summed E-state index contributed by atoms with van der Waals surface area (Å²) >= 11 is 0. The van der Waals surface area contributed by atoms with Gasteiger partial charge >= 0.3 is 0 Å². The van der Waals surface area contributed by atoms with E-state index in [-0.39, 0.29) is 11.6 Å². The van der Waals surface area contributed by atoms with E-state index < -0.39 is 4.92 Å². The first kappa shape index (κ1) is 18.1. The van der Waals surface area contributed by atoms with Crippen molar-refractivity contribution in [2.45, 2.75) is 6.92 Å². The first-order chi connectivity index (χ1) is 13.1. The lowest BCUT2D eigenvalue weighted by Crippen LogP contribution is -2.29. The fourth-order valence-corrected chi connectivity index (χ4v) is 2.71. The van der Waals surface area contributed by atoms with Gasteiger partial charge in [0.2, 0.25) is 0 Å². The van der Waals surface area contributed by atoms with E-state index in [1.807, 2.05) is 37.3 Å². The van der Waals surface area contributed by atoms with Crippen LogP contribution in [0.3, 0.4) is 0 Å². The minimum absolute atomic E-state index is 0.00353. The number of para-hydroxylation sites is 3. The molecular formula is C19H19N5O3. The summed E-state index contributed by atoms with van der Waals surface area (Å²) in [5.41, 5.74) is 2.54. The summed E-state index contributed by atoms with van der Waals surface area (Å²) in [5.74, 6) is -0.237. The average Bonchev–Trinajstić information content (AvgIpc) is 3.07. The van der Waals surface area contributed by atoms with Gasteiger partial charge in [0.15, 0.2) is 0 Å². The molecule has 0 radical (unpaired) electrons. The zero-order valence-electron chi connectivity index (χ0n) is 14.8. The Balaban J connectivity index is 1.58. The minimum atomic E-state index is -0.442. The van der Waals surface area contributed by atoms with Crippen molar-refractivity contribution in [3.63, 3.8) is 0 Å². The van der Waals surface area contributed by atoms with Crippen molar-refractivity contribution in [1.82, 2.24) is 15.1 Å². The Morgan fingerprint density at radius 2 is 1.81 bits per heavy atom. The number of nitro groups is 1. The van der Waals surface area contributed by atoms with Crippen LogP contribution in [0.5, 0.6) is 0 Å². The molecule has 8 nitrogen and oxygen atoms in total. The van der Waals surface area contributed by atoms with Gasteiger partial charge in [-0.05, 0) is 25.1 Å². The first-order valence-electron chi connectivity index (χ1n) is 8.43. The summed E-state index contributed by atoms with van der Waals surface area (Å²) < 4.78 is 1.71. The number of nitrogens with one attached hydrogen (secondary N) is 2. The molecule has 1 aromatic heterocycles. The molecule has 0 atom stereocenters. The van der Waals surface area contributed by atoms with E-state index in [0.29, 0.717) is 24.3 Å². The maximum atomic E-state index is 12.4. The lowest BCUT2D eigenvalue weighted by atomic mass is 10.2. The maximum absolute atomic E-state index is 12.4. The number of rotatable bonds is 7. The van der Waals surface area contributed by atoms with Crippen LogP contribution in [0.4, 0.5) is 11.4 Å². The van der Waals surface area contributed by atoms with Crippen LogP contribution in [0.15, 0.2) is 60.8 Å². The second-order valence-electron chi connectivity index (χ2n) is 5.85. The standard InChI is InChI=1S/C19H19N5O3/c1-14-16(13-22-23(14)15-7-3-2-4-8-15)19(25)21-12-11-20-17-9-5-6-10-18(17)24(26)27/h2-10,13,20H,11-12H2,1H3,(H,21,25). The molecule has 27 heavy (non-hydrogen) atoms. The SMILES string of the molecule is Cc1c(C(=O)NCCNc2ccccc2[N+](=O)[O-])cnn1-c1ccccc1. The number of benzene rings is 2. The molecule has 2 N–H and O–H groups in total. The molecule has 1 heterocycles. The lowest BCUT2D eigenvalue weighted by molar-refractivity contribution is -0.384. The lowest BCUT2D eigenvalue weighted by Gasteiger charge is -2.09. The van der Waals surface area contributed by atoms with Crippen molar-refractivity contribution < 1.29 is 9.72 Å². The number of amides is 1. The smallest absolute Gasteiger partial charge is 0.292 e. The Labute approximate surface area is 156 Å². The van der Waals surface area contributed by atoms with E-state index in [9.17, 15) is 14.9 Å². The molecule has 1 amide bonds. The Morgan fingerprint density at radius 1 is 1.11 bits per heavy atom. The fourth-order valence-electron chi connectivity index (χ4n) is 2.71. The second-order valence-corrected chi connectivity index (χ2v) is 5.85. The summed E-state index contributed by atoms with van der Waals surface area (Å²) in [4.78, 5) is 22.9. The Kier molecular flexibility index (Phi) is 5.46. The third-order valence-corrected chi connectivity index (χ3v) is 4.08. The largest absolute Gasteiger partial charge is 0.378 e. The molecule has 2 aromatic carbocycles. The van der Waals surface area contributed by atoms with Gasteiger partial charge in [0.1, 0.15) is 5.69 Å². The van der Waals surface area contributed by atoms with Crippen LogP contribution >= 0.6 is 0 Å². The van der Waals surface area contributed by atoms with Gasteiger partial charge < -0.3 is 10.6 Å². The van der Waals surface area contributed by atoms with Crippen molar-refractivity contribution in [3.8, 4) is 5.69 Å². The van der Waals surface area contributed by atoms with Crippen molar-refractivity contribution >= 4 is 17.3 Å². The monoisotopic (exact) mass is 365 g/mol. The highest BCUT2D eigenvalue weighted by Crippen LogP contribution is 2.22. The molecule has 0 fully saturated rings.